The van der Waals surface area contributed by atoms with Crippen molar-refractivity contribution in [2.24, 2.45) is 0 Å². The van der Waals surface area contributed by atoms with Crippen LogP contribution in [0.3, 0.4) is 0 Å². The number of nitrogens with one attached hydrogen (secondary N) is 2. The Kier molecular flexibility index (Phi) is 3.84. The lowest BCUT2D eigenvalue weighted by molar-refractivity contribution is 0.398. The standard InChI is InChI=1S/C22H26N2O/c1-12-8-14(3)19-17(10-12)16-6-7-23-20(21(16)24-19)18-11-13(2)9-15(4)22(18)25-5/h8-11,20,23-24H,6-7H2,1-5H3. The van der Waals surface area contributed by atoms with E-state index in [1.165, 1.54) is 50.0 Å². The lowest BCUT2D eigenvalue weighted by Gasteiger charge is -2.27. The van der Waals surface area contributed by atoms with Crippen LogP contribution in [0.1, 0.15) is 45.1 Å². The maximum Gasteiger partial charge on any atom is 0.126 e. The molecule has 4 rings (SSSR count). The molecule has 0 aliphatic carbocycles. The fourth-order valence-electron chi connectivity index (χ4n) is 4.43. The van der Waals surface area contributed by atoms with Gasteiger partial charge in [0.15, 0.2) is 0 Å². The Hall–Kier alpha value is -2.26. The van der Waals surface area contributed by atoms with Crippen molar-refractivity contribution < 1.29 is 4.74 Å². The largest absolute Gasteiger partial charge is 0.496 e. The molecule has 0 fully saturated rings. The van der Waals surface area contributed by atoms with E-state index in [9.17, 15) is 0 Å². The summed E-state index contributed by atoms with van der Waals surface area (Å²) >= 11 is 0. The van der Waals surface area contributed by atoms with Crippen molar-refractivity contribution in [1.82, 2.24) is 10.3 Å². The van der Waals surface area contributed by atoms with Gasteiger partial charge in [-0.2, -0.15) is 0 Å². The lowest BCUT2D eigenvalue weighted by atomic mass is 9.91. The molecular weight excluding hydrogens is 308 g/mol. The van der Waals surface area contributed by atoms with Crippen molar-refractivity contribution in [3.63, 3.8) is 0 Å². The van der Waals surface area contributed by atoms with Gasteiger partial charge in [-0.15, -0.1) is 0 Å². The summed E-state index contributed by atoms with van der Waals surface area (Å²) in [5.74, 6) is 0.988. The van der Waals surface area contributed by atoms with Gasteiger partial charge in [0.25, 0.3) is 0 Å². The molecule has 0 spiro atoms. The van der Waals surface area contributed by atoms with E-state index in [0.717, 1.165) is 18.7 Å². The van der Waals surface area contributed by atoms with Gasteiger partial charge in [0.2, 0.25) is 0 Å². The lowest BCUT2D eigenvalue weighted by Crippen LogP contribution is -2.31. The van der Waals surface area contributed by atoms with E-state index in [1.54, 1.807) is 7.11 Å². The van der Waals surface area contributed by atoms with Crippen LogP contribution in [0, 0.1) is 27.7 Å². The van der Waals surface area contributed by atoms with E-state index in [4.69, 9.17) is 4.74 Å². The van der Waals surface area contributed by atoms with E-state index in [1.807, 2.05) is 0 Å². The molecule has 0 radical (unpaired) electrons. The Morgan fingerprint density at radius 3 is 2.44 bits per heavy atom. The third kappa shape index (κ3) is 2.54. The van der Waals surface area contributed by atoms with Gasteiger partial charge in [-0.1, -0.05) is 29.3 Å². The normalized spacial score (nSPS) is 16.9. The summed E-state index contributed by atoms with van der Waals surface area (Å²) in [5, 5.41) is 5.08. The highest BCUT2D eigenvalue weighted by molar-refractivity contribution is 5.88. The molecule has 3 heteroatoms. The van der Waals surface area contributed by atoms with Gasteiger partial charge in [-0.05, 0) is 56.9 Å². The van der Waals surface area contributed by atoms with Crippen molar-refractivity contribution >= 4 is 10.9 Å². The van der Waals surface area contributed by atoms with Crippen LogP contribution in [0.4, 0.5) is 0 Å². The van der Waals surface area contributed by atoms with E-state index in [2.05, 4.69) is 62.3 Å². The first-order valence-corrected chi connectivity index (χ1v) is 8.99. The van der Waals surface area contributed by atoms with E-state index in [0.29, 0.717) is 0 Å². The minimum Gasteiger partial charge on any atom is -0.496 e. The van der Waals surface area contributed by atoms with Gasteiger partial charge < -0.3 is 15.0 Å². The van der Waals surface area contributed by atoms with Crippen LogP contribution in [0.2, 0.25) is 0 Å². The monoisotopic (exact) mass is 334 g/mol. The Balaban J connectivity index is 1.96. The number of aryl methyl sites for hydroxylation is 4. The fraction of sp³-hybridized carbons (Fsp3) is 0.364. The third-order valence-corrected chi connectivity index (χ3v) is 5.36. The predicted octanol–water partition coefficient (Wildman–Crippen LogP) is 4.65. The highest BCUT2D eigenvalue weighted by Crippen LogP contribution is 2.39. The number of aromatic amines is 1. The number of hydrogen-bond donors (Lipinski definition) is 2. The Bertz CT molecular complexity index is 968. The first-order chi connectivity index (χ1) is 12.0. The molecular formula is C22H26N2O. The number of fused-ring (bicyclic) bond motifs is 3. The molecule has 2 heterocycles. The summed E-state index contributed by atoms with van der Waals surface area (Å²) in [6, 6.07) is 9.15. The van der Waals surface area contributed by atoms with Crippen molar-refractivity contribution in [3.05, 3.63) is 63.3 Å². The number of methoxy groups -OCH3 is 1. The molecule has 2 N–H and O–H groups in total. The minimum atomic E-state index is 0.143. The first-order valence-electron chi connectivity index (χ1n) is 8.99. The predicted molar refractivity (Wildman–Crippen MR) is 104 cm³/mol. The molecule has 1 aliphatic heterocycles. The van der Waals surface area contributed by atoms with Gasteiger partial charge in [0.1, 0.15) is 5.75 Å². The van der Waals surface area contributed by atoms with Gasteiger partial charge in [-0.3, -0.25) is 0 Å². The highest BCUT2D eigenvalue weighted by atomic mass is 16.5. The molecule has 130 valence electrons. The number of hydrogen-bond acceptors (Lipinski definition) is 2. The number of aromatic nitrogens is 1. The number of benzene rings is 2. The van der Waals surface area contributed by atoms with Crippen LogP contribution >= 0.6 is 0 Å². The third-order valence-electron chi connectivity index (χ3n) is 5.36. The van der Waals surface area contributed by atoms with E-state index < -0.39 is 0 Å². The first kappa shape index (κ1) is 16.2. The second-order valence-corrected chi connectivity index (χ2v) is 7.36. The van der Waals surface area contributed by atoms with Crippen LogP contribution in [-0.2, 0) is 6.42 Å². The molecule has 2 aromatic carbocycles. The van der Waals surface area contributed by atoms with Gasteiger partial charge in [0, 0.05) is 28.7 Å². The second-order valence-electron chi connectivity index (χ2n) is 7.36. The number of H-pyrrole nitrogens is 1. The van der Waals surface area contributed by atoms with Crippen molar-refractivity contribution in [2.75, 3.05) is 13.7 Å². The zero-order chi connectivity index (χ0) is 17.7. The molecule has 25 heavy (non-hydrogen) atoms. The molecule has 3 aromatic rings. The molecule has 1 aliphatic rings. The van der Waals surface area contributed by atoms with Crippen LogP contribution in [-0.4, -0.2) is 18.6 Å². The van der Waals surface area contributed by atoms with Crippen LogP contribution in [0.25, 0.3) is 10.9 Å². The zero-order valence-corrected chi connectivity index (χ0v) is 15.7. The number of ether oxygens (including phenoxy) is 1. The molecule has 1 aromatic heterocycles. The van der Waals surface area contributed by atoms with E-state index >= 15 is 0 Å². The summed E-state index contributed by atoms with van der Waals surface area (Å²) in [7, 11) is 1.77. The smallest absolute Gasteiger partial charge is 0.126 e. The second kappa shape index (κ2) is 5.92. The van der Waals surface area contributed by atoms with E-state index in [-0.39, 0.29) is 6.04 Å². The zero-order valence-electron chi connectivity index (χ0n) is 15.7. The molecule has 1 atom stereocenters. The van der Waals surface area contributed by atoms with Crippen LogP contribution < -0.4 is 10.1 Å². The molecule has 3 nitrogen and oxygen atoms in total. The molecule has 1 unspecified atom stereocenters. The Morgan fingerprint density at radius 1 is 0.960 bits per heavy atom. The Morgan fingerprint density at radius 2 is 1.68 bits per heavy atom. The SMILES string of the molecule is COc1c(C)cc(C)cc1C1NCCc2c1[nH]c1c(C)cc(C)cc21. The summed E-state index contributed by atoms with van der Waals surface area (Å²) in [6.07, 6.45) is 1.06. The minimum absolute atomic E-state index is 0.143. The topological polar surface area (TPSA) is 37.0 Å². The summed E-state index contributed by atoms with van der Waals surface area (Å²) in [4.78, 5) is 3.73. The van der Waals surface area contributed by atoms with Crippen molar-refractivity contribution in [2.45, 2.75) is 40.2 Å². The average molecular weight is 334 g/mol. The number of rotatable bonds is 2. The Labute approximate surface area is 149 Å². The van der Waals surface area contributed by atoms with Crippen LogP contribution in [0.15, 0.2) is 24.3 Å². The molecule has 0 amide bonds. The molecule has 0 saturated heterocycles. The fourth-order valence-corrected chi connectivity index (χ4v) is 4.43. The maximum absolute atomic E-state index is 5.76. The maximum atomic E-state index is 5.76. The van der Waals surface area contributed by atoms with Gasteiger partial charge in [-0.25, -0.2) is 0 Å². The van der Waals surface area contributed by atoms with Gasteiger partial charge in [0.05, 0.1) is 13.2 Å². The van der Waals surface area contributed by atoms with Crippen molar-refractivity contribution in [3.8, 4) is 5.75 Å². The summed E-state index contributed by atoms with van der Waals surface area (Å²) in [6.45, 7) is 9.62. The van der Waals surface area contributed by atoms with Gasteiger partial charge >= 0.3 is 0 Å². The summed E-state index contributed by atoms with van der Waals surface area (Å²) < 4.78 is 5.76. The van der Waals surface area contributed by atoms with Crippen molar-refractivity contribution in [1.29, 1.82) is 0 Å². The summed E-state index contributed by atoms with van der Waals surface area (Å²) in [5.41, 5.74) is 10.3. The quantitative estimate of drug-likeness (QED) is 0.716. The molecule has 0 saturated carbocycles. The average Bonchev–Trinajstić information content (AvgIpc) is 2.93. The highest BCUT2D eigenvalue weighted by Gasteiger charge is 2.28. The molecule has 0 bridgehead atoms. The van der Waals surface area contributed by atoms with Crippen LogP contribution in [0.5, 0.6) is 5.75 Å².